The van der Waals surface area contributed by atoms with Crippen molar-refractivity contribution in [2.45, 2.75) is 13.5 Å². The van der Waals surface area contributed by atoms with Gasteiger partial charge in [-0.25, -0.2) is 4.79 Å². The second-order valence-corrected chi connectivity index (χ2v) is 4.86. The molecule has 1 heterocycles. The number of nitrogens with two attached hydrogens (primary N) is 1. The average molecular weight is 314 g/mol. The lowest BCUT2D eigenvalue weighted by molar-refractivity contribution is -0.119. The van der Waals surface area contributed by atoms with E-state index in [9.17, 15) is 9.59 Å². The third-order valence-corrected chi connectivity index (χ3v) is 2.87. The minimum atomic E-state index is -0.545. The molecule has 0 saturated heterocycles. The van der Waals surface area contributed by atoms with E-state index >= 15 is 0 Å². The Morgan fingerprint density at radius 1 is 1.17 bits per heavy atom. The number of aromatic nitrogens is 1. The lowest BCUT2D eigenvalue weighted by atomic mass is 10.3. The number of rotatable bonds is 6. The number of carbonyl (C=O) groups excluding carboxylic acids is 2. The molecule has 0 spiro atoms. The van der Waals surface area contributed by atoms with Crippen molar-refractivity contribution in [3.8, 4) is 5.75 Å². The minimum absolute atomic E-state index is 0.184. The van der Waals surface area contributed by atoms with Crippen LogP contribution in [0.1, 0.15) is 11.4 Å². The Labute approximate surface area is 133 Å². The quantitative estimate of drug-likeness (QED) is 0.752. The molecule has 0 unspecified atom stereocenters. The summed E-state index contributed by atoms with van der Waals surface area (Å²) in [4.78, 5) is 26.8. The van der Waals surface area contributed by atoms with Gasteiger partial charge in [0.15, 0.2) is 6.61 Å². The number of carbonyl (C=O) groups is 2. The van der Waals surface area contributed by atoms with Gasteiger partial charge >= 0.3 is 6.03 Å². The smallest absolute Gasteiger partial charge is 0.319 e. The van der Waals surface area contributed by atoms with E-state index in [-0.39, 0.29) is 12.6 Å². The molecule has 1 aromatic carbocycles. The van der Waals surface area contributed by atoms with E-state index in [4.69, 9.17) is 10.5 Å². The van der Waals surface area contributed by atoms with Crippen molar-refractivity contribution in [3.63, 3.8) is 0 Å². The largest absolute Gasteiger partial charge is 0.484 e. The lowest BCUT2D eigenvalue weighted by Crippen LogP contribution is -2.28. The molecule has 0 aliphatic heterocycles. The maximum Gasteiger partial charge on any atom is 0.319 e. The van der Waals surface area contributed by atoms with Crippen molar-refractivity contribution in [1.29, 1.82) is 0 Å². The number of amides is 3. The Bertz CT molecular complexity index is 686. The molecule has 2 aromatic rings. The molecule has 0 radical (unpaired) electrons. The Hall–Kier alpha value is -3.09. The molecule has 7 nitrogen and oxygen atoms in total. The maximum atomic E-state index is 11.8. The van der Waals surface area contributed by atoms with Gasteiger partial charge in [-0.3, -0.25) is 9.78 Å². The van der Waals surface area contributed by atoms with E-state index in [0.717, 1.165) is 11.4 Å². The molecule has 7 heteroatoms. The number of urea groups is 1. The van der Waals surface area contributed by atoms with Crippen LogP contribution in [-0.4, -0.2) is 23.5 Å². The van der Waals surface area contributed by atoms with Crippen LogP contribution in [0.2, 0.25) is 0 Å². The first-order chi connectivity index (χ1) is 11.0. The molecule has 0 atom stereocenters. The van der Waals surface area contributed by atoms with Gasteiger partial charge in [-0.1, -0.05) is 6.07 Å². The molecule has 4 N–H and O–H groups in total. The fraction of sp³-hybridized carbons (Fsp3) is 0.188. The zero-order valence-corrected chi connectivity index (χ0v) is 12.7. The van der Waals surface area contributed by atoms with Crippen LogP contribution in [0.15, 0.2) is 42.5 Å². The molecule has 23 heavy (non-hydrogen) atoms. The maximum absolute atomic E-state index is 11.8. The van der Waals surface area contributed by atoms with Crippen LogP contribution >= 0.6 is 0 Å². The Morgan fingerprint density at radius 3 is 2.57 bits per heavy atom. The van der Waals surface area contributed by atoms with Crippen LogP contribution in [0.3, 0.4) is 0 Å². The number of nitrogens with zero attached hydrogens (tertiary/aromatic N) is 1. The van der Waals surface area contributed by atoms with Crippen LogP contribution in [0, 0.1) is 6.92 Å². The zero-order valence-electron chi connectivity index (χ0n) is 12.7. The fourth-order valence-corrected chi connectivity index (χ4v) is 1.83. The summed E-state index contributed by atoms with van der Waals surface area (Å²) in [7, 11) is 0. The SMILES string of the molecule is Cc1cccc(CNC(=O)Nc2ccc(OCC(N)=O)cc2)n1. The molecule has 0 aliphatic rings. The predicted octanol–water partition coefficient (Wildman–Crippen LogP) is 1.58. The molecule has 0 saturated carbocycles. The van der Waals surface area contributed by atoms with Crippen molar-refractivity contribution in [1.82, 2.24) is 10.3 Å². The number of ether oxygens (including phenoxy) is 1. The first-order valence-corrected chi connectivity index (χ1v) is 7.01. The van der Waals surface area contributed by atoms with E-state index in [1.165, 1.54) is 0 Å². The van der Waals surface area contributed by atoms with Gasteiger partial charge in [-0.15, -0.1) is 0 Å². The van der Waals surface area contributed by atoms with Crippen molar-refractivity contribution < 1.29 is 14.3 Å². The van der Waals surface area contributed by atoms with Crippen LogP contribution in [0.4, 0.5) is 10.5 Å². The molecule has 0 aliphatic carbocycles. The molecule has 3 amide bonds. The highest BCUT2D eigenvalue weighted by Gasteiger charge is 2.03. The van der Waals surface area contributed by atoms with E-state index in [0.29, 0.717) is 18.0 Å². The summed E-state index contributed by atoms with van der Waals surface area (Å²) < 4.78 is 5.13. The van der Waals surface area contributed by atoms with Gasteiger partial charge < -0.3 is 21.1 Å². The normalized spacial score (nSPS) is 9.96. The van der Waals surface area contributed by atoms with Gasteiger partial charge in [0.25, 0.3) is 5.91 Å². The Kier molecular flexibility index (Phi) is 5.51. The number of anilines is 1. The highest BCUT2D eigenvalue weighted by atomic mass is 16.5. The summed E-state index contributed by atoms with van der Waals surface area (Å²) in [5.74, 6) is -0.0462. The van der Waals surface area contributed by atoms with Gasteiger partial charge in [0.2, 0.25) is 0 Å². The predicted molar refractivity (Wildman–Crippen MR) is 86.0 cm³/mol. The summed E-state index contributed by atoms with van der Waals surface area (Å²) in [5, 5.41) is 5.42. The second-order valence-electron chi connectivity index (χ2n) is 4.86. The van der Waals surface area contributed by atoms with Gasteiger partial charge in [0.1, 0.15) is 5.75 Å². The van der Waals surface area contributed by atoms with Crippen LogP contribution in [-0.2, 0) is 11.3 Å². The monoisotopic (exact) mass is 314 g/mol. The van der Waals surface area contributed by atoms with Crippen LogP contribution in [0.25, 0.3) is 0 Å². The molecular weight excluding hydrogens is 296 g/mol. The van der Waals surface area contributed by atoms with Crippen LogP contribution in [0.5, 0.6) is 5.75 Å². The number of hydrogen-bond donors (Lipinski definition) is 3. The van der Waals surface area contributed by atoms with Crippen LogP contribution < -0.4 is 21.1 Å². The Balaban J connectivity index is 1.81. The number of primary amides is 1. The average Bonchev–Trinajstić information content (AvgIpc) is 2.52. The molecular formula is C16H18N4O3. The summed E-state index contributed by atoms with van der Waals surface area (Å²) in [6, 6.07) is 11.9. The highest BCUT2D eigenvalue weighted by Crippen LogP contribution is 2.15. The van der Waals surface area contributed by atoms with E-state index in [1.807, 2.05) is 25.1 Å². The summed E-state index contributed by atoms with van der Waals surface area (Å²) in [6.07, 6.45) is 0. The minimum Gasteiger partial charge on any atom is -0.484 e. The zero-order chi connectivity index (χ0) is 16.7. The number of hydrogen-bond acceptors (Lipinski definition) is 4. The molecule has 1 aromatic heterocycles. The third-order valence-electron chi connectivity index (χ3n) is 2.87. The van der Waals surface area contributed by atoms with Crippen molar-refractivity contribution in [3.05, 3.63) is 53.9 Å². The first kappa shape index (κ1) is 16.3. The topological polar surface area (TPSA) is 106 Å². The van der Waals surface area contributed by atoms with Gasteiger partial charge in [0, 0.05) is 11.4 Å². The van der Waals surface area contributed by atoms with E-state index in [1.54, 1.807) is 24.3 Å². The fourth-order valence-electron chi connectivity index (χ4n) is 1.83. The summed E-state index contributed by atoms with van der Waals surface area (Å²) in [5.41, 5.74) is 7.28. The van der Waals surface area contributed by atoms with Gasteiger partial charge in [-0.05, 0) is 43.3 Å². The number of nitrogens with one attached hydrogen (secondary N) is 2. The number of benzene rings is 1. The molecule has 0 bridgehead atoms. The van der Waals surface area contributed by atoms with Crippen molar-refractivity contribution in [2.24, 2.45) is 5.73 Å². The number of pyridine rings is 1. The lowest BCUT2D eigenvalue weighted by Gasteiger charge is -2.09. The second kappa shape index (κ2) is 7.79. The molecule has 120 valence electrons. The highest BCUT2D eigenvalue weighted by molar-refractivity contribution is 5.89. The molecule has 2 rings (SSSR count). The molecule has 0 fully saturated rings. The Morgan fingerprint density at radius 2 is 1.91 bits per heavy atom. The third kappa shape index (κ3) is 5.66. The van der Waals surface area contributed by atoms with Crippen molar-refractivity contribution >= 4 is 17.6 Å². The summed E-state index contributed by atoms with van der Waals surface area (Å²) in [6.45, 7) is 2.05. The first-order valence-electron chi connectivity index (χ1n) is 7.01. The van der Waals surface area contributed by atoms with E-state index in [2.05, 4.69) is 15.6 Å². The van der Waals surface area contributed by atoms with Gasteiger partial charge in [-0.2, -0.15) is 0 Å². The van der Waals surface area contributed by atoms with Crippen molar-refractivity contribution in [2.75, 3.05) is 11.9 Å². The van der Waals surface area contributed by atoms with E-state index < -0.39 is 5.91 Å². The van der Waals surface area contributed by atoms with Gasteiger partial charge in [0.05, 0.1) is 12.2 Å². The summed E-state index contributed by atoms with van der Waals surface area (Å²) >= 11 is 0. The number of aryl methyl sites for hydroxylation is 1. The standard InChI is InChI=1S/C16H18N4O3/c1-11-3-2-4-13(19-11)9-18-16(22)20-12-5-7-14(8-6-12)23-10-15(17)21/h2-8H,9-10H2,1H3,(H2,17,21)(H2,18,20,22).